The molecule has 0 aromatic carbocycles. The summed E-state index contributed by atoms with van der Waals surface area (Å²) >= 11 is 0. The van der Waals surface area contributed by atoms with Crippen LogP contribution < -0.4 is 10.6 Å². The maximum absolute atomic E-state index is 5.51. The number of pyridine rings is 1. The van der Waals surface area contributed by atoms with Gasteiger partial charge in [-0.15, -0.1) is 0 Å². The van der Waals surface area contributed by atoms with Crippen molar-refractivity contribution in [1.82, 2.24) is 4.98 Å². The van der Waals surface area contributed by atoms with Crippen molar-refractivity contribution in [2.45, 2.75) is 20.4 Å². The molecule has 4 heteroatoms. The highest BCUT2D eigenvalue weighted by atomic mass is 16.5. The fraction of sp³-hybridized carbons (Fsp3) is 0.583. The van der Waals surface area contributed by atoms with Crippen molar-refractivity contribution in [2.75, 3.05) is 31.2 Å². The Morgan fingerprint density at radius 3 is 2.69 bits per heavy atom. The summed E-state index contributed by atoms with van der Waals surface area (Å²) in [5.41, 5.74) is 7.56. The first-order valence-electron chi connectivity index (χ1n) is 5.79. The maximum atomic E-state index is 5.51. The number of nitrogens with two attached hydrogens (primary N) is 1. The molecule has 0 bridgehead atoms. The number of ether oxygens (including phenoxy) is 1. The monoisotopic (exact) mass is 223 g/mol. The number of hydrogen-bond donors (Lipinski definition) is 1. The zero-order valence-corrected chi connectivity index (χ0v) is 10.1. The van der Waals surface area contributed by atoms with Crippen LogP contribution in [-0.4, -0.2) is 31.3 Å². The lowest BCUT2D eigenvalue weighted by atomic mass is 10.3. The van der Waals surface area contributed by atoms with E-state index in [9.17, 15) is 0 Å². The van der Waals surface area contributed by atoms with E-state index >= 15 is 0 Å². The first-order valence-corrected chi connectivity index (χ1v) is 5.79. The largest absolute Gasteiger partial charge is 0.380 e. The SMILES string of the molecule is CCOCCN(CC)c1ccc(CN)nc1. The van der Waals surface area contributed by atoms with Gasteiger partial charge < -0.3 is 15.4 Å². The molecule has 1 heterocycles. The Hall–Kier alpha value is -1.13. The molecule has 0 radical (unpaired) electrons. The van der Waals surface area contributed by atoms with Crippen LogP contribution in [0.5, 0.6) is 0 Å². The molecule has 0 aliphatic rings. The number of nitrogens with zero attached hydrogens (tertiary/aromatic N) is 2. The molecule has 0 amide bonds. The fourth-order valence-electron chi connectivity index (χ4n) is 1.51. The molecule has 0 saturated carbocycles. The van der Waals surface area contributed by atoms with Gasteiger partial charge in [0.2, 0.25) is 0 Å². The molecule has 4 nitrogen and oxygen atoms in total. The minimum absolute atomic E-state index is 0.491. The lowest BCUT2D eigenvalue weighted by molar-refractivity contribution is 0.154. The molecule has 0 saturated heterocycles. The minimum Gasteiger partial charge on any atom is -0.380 e. The van der Waals surface area contributed by atoms with E-state index in [0.717, 1.165) is 37.7 Å². The Bertz CT molecular complexity index is 287. The summed E-state index contributed by atoms with van der Waals surface area (Å²) in [6.07, 6.45) is 1.87. The third-order valence-electron chi connectivity index (χ3n) is 2.47. The summed E-state index contributed by atoms with van der Waals surface area (Å²) in [6, 6.07) is 4.03. The summed E-state index contributed by atoms with van der Waals surface area (Å²) in [7, 11) is 0. The van der Waals surface area contributed by atoms with E-state index in [4.69, 9.17) is 10.5 Å². The standard InChI is InChI=1S/C12H21N3O/c1-3-15(7-8-16-4-2)12-6-5-11(9-13)14-10-12/h5-6,10H,3-4,7-9,13H2,1-2H3. The lowest BCUT2D eigenvalue weighted by Crippen LogP contribution is -2.27. The van der Waals surface area contributed by atoms with Crippen molar-refractivity contribution in [2.24, 2.45) is 5.73 Å². The van der Waals surface area contributed by atoms with Gasteiger partial charge in [-0.05, 0) is 26.0 Å². The van der Waals surface area contributed by atoms with Gasteiger partial charge in [0.05, 0.1) is 24.2 Å². The zero-order valence-electron chi connectivity index (χ0n) is 10.1. The van der Waals surface area contributed by atoms with E-state index in [2.05, 4.69) is 22.9 Å². The van der Waals surface area contributed by atoms with Crippen LogP contribution in [0.2, 0.25) is 0 Å². The molecule has 1 aromatic rings. The minimum atomic E-state index is 0.491. The average molecular weight is 223 g/mol. The van der Waals surface area contributed by atoms with Crippen molar-refractivity contribution in [3.63, 3.8) is 0 Å². The Morgan fingerprint density at radius 2 is 2.19 bits per heavy atom. The van der Waals surface area contributed by atoms with Crippen molar-refractivity contribution in [3.8, 4) is 0 Å². The number of rotatable bonds is 7. The molecule has 0 atom stereocenters. The molecule has 16 heavy (non-hydrogen) atoms. The van der Waals surface area contributed by atoms with Gasteiger partial charge in [0.25, 0.3) is 0 Å². The molecule has 2 N–H and O–H groups in total. The van der Waals surface area contributed by atoms with Gasteiger partial charge in [0.1, 0.15) is 0 Å². The van der Waals surface area contributed by atoms with Crippen LogP contribution in [0.25, 0.3) is 0 Å². The van der Waals surface area contributed by atoms with Crippen molar-refractivity contribution >= 4 is 5.69 Å². The lowest BCUT2D eigenvalue weighted by Gasteiger charge is -2.22. The van der Waals surface area contributed by atoms with E-state index in [-0.39, 0.29) is 0 Å². The molecule has 0 aliphatic heterocycles. The summed E-state index contributed by atoms with van der Waals surface area (Å²) in [4.78, 5) is 6.53. The van der Waals surface area contributed by atoms with Crippen LogP contribution in [0, 0.1) is 0 Å². The summed E-state index contributed by atoms with van der Waals surface area (Å²) in [5.74, 6) is 0. The van der Waals surface area contributed by atoms with E-state index in [1.54, 1.807) is 0 Å². The Kier molecular flexibility index (Phi) is 5.82. The van der Waals surface area contributed by atoms with E-state index in [1.165, 1.54) is 0 Å². The van der Waals surface area contributed by atoms with Gasteiger partial charge in [-0.3, -0.25) is 4.98 Å². The normalized spacial score (nSPS) is 10.4. The van der Waals surface area contributed by atoms with E-state index < -0.39 is 0 Å². The molecular formula is C12H21N3O. The van der Waals surface area contributed by atoms with Crippen LogP contribution in [0.15, 0.2) is 18.3 Å². The fourth-order valence-corrected chi connectivity index (χ4v) is 1.51. The van der Waals surface area contributed by atoms with E-state index in [0.29, 0.717) is 6.54 Å². The van der Waals surface area contributed by atoms with Gasteiger partial charge in [0.15, 0.2) is 0 Å². The number of anilines is 1. The molecule has 90 valence electrons. The third kappa shape index (κ3) is 3.79. The van der Waals surface area contributed by atoms with Crippen molar-refractivity contribution in [3.05, 3.63) is 24.0 Å². The second-order valence-electron chi connectivity index (χ2n) is 3.49. The van der Waals surface area contributed by atoms with Crippen molar-refractivity contribution < 1.29 is 4.74 Å². The van der Waals surface area contributed by atoms with Gasteiger partial charge >= 0.3 is 0 Å². The zero-order chi connectivity index (χ0) is 11.8. The smallest absolute Gasteiger partial charge is 0.0641 e. The molecular weight excluding hydrogens is 202 g/mol. The predicted molar refractivity (Wildman–Crippen MR) is 66.5 cm³/mol. The van der Waals surface area contributed by atoms with Gasteiger partial charge in [-0.25, -0.2) is 0 Å². The topological polar surface area (TPSA) is 51.4 Å². The van der Waals surface area contributed by atoms with Gasteiger partial charge in [0, 0.05) is 26.2 Å². The van der Waals surface area contributed by atoms with Crippen LogP contribution in [0.4, 0.5) is 5.69 Å². The van der Waals surface area contributed by atoms with Crippen LogP contribution in [0.3, 0.4) is 0 Å². The summed E-state index contributed by atoms with van der Waals surface area (Å²) < 4.78 is 5.35. The molecule has 1 rings (SSSR count). The molecule has 0 fully saturated rings. The number of aromatic nitrogens is 1. The molecule has 1 aromatic heterocycles. The van der Waals surface area contributed by atoms with Crippen molar-refractivity contribution in [1.29, 1.82) is 0 Å². The highest BCUT2D eigenvalue weighted by Gasteiger charge is 2.04. The Morgan fingerprint density at radius 1 is 1.38 bits per heavy atom. The quantitative estimate of drug-likeness (QED) is 0.710. The number of likely N-dealkylation sites (N-methyl/N-ethyl adjacent to an activating group) is 1. The van der Waals surface area contributed by atoms with Crippen LogP contribution in [0.1, 0.15) is 19.5 Å². The van der Waals surface area contributed by atoms with E-state index in [1.807, 2.05) is 19.2 Å². The maximum Gasteiger partial charge on any atom is 0.0641 e. The predicted octanol–water partition coefficient (Wildman–Crippen LogP) is 1.40. The molecule has 0 spiro atoms. The summed E-state index contributed by atoms with van der Waals surface area (Å²) in [5, 5.41) is 0. The first kappa shape index (κ1) is 12.9. The van der Waals surface area contributed by atoms with Gasteiger partial charge in [-0.2, -0.15) is 0 Å². The number of hydrogen-bond acceptors (Lipinski definition) is 4. The highest BCUT2D eigenvalue weighted by molar-refractivity contribution is 5.44. The first-order chi connectivity index (χ1) is 7.81. The second-order valence-corrected chi connectivity index (χ2v) is 3.49. The second kappa shape index (κ2) is 7.19. The van der Waals surface area contributed by atoms with Crippen LogP contribution >= 0.6 is 0 Å². The molecule has 0 aliphatic carbocycles. The summed E-state index contributed by atoms with van der Waals surface area (Å²) in [6.45, 7) is 8.00. The van der Waals surface area contributed by atoms with Crippen LogP contribution in [-0.2, 0) is 11.3 Å². The average Bonchev–Trinajstić information content (AvgIpc) is 2.35. The highest BCUT2D eigenvalue weighted by Crippen LogP contribution is 2.12. The Labute approximate surface area is 97.4 Å². The molecule has 0 unspecified atom stereocenters. The Balaban J connectivity index is 2.56. The third-order valence-corrected chi connectivity index (χ3v) is 2.47. The van der Waals surface area contributed by atoms with Gasteiger partial charge in [-0.1, -0.05) is 0 Å².